The first kappa shape index (κ1) is 14.1. The standard InChI is InChI=1S/C10H13F2N7O/c11-7(12)5-18(3-4-20)9-15-8(13)16-10(17-9)19-2-1-14-6-19/h1-2,6-7,20H,3-5H2,(H2,13,15,16,17). The maximum Gasteiger partial charge on any atom is 0.255 e. The number of alkyl halides is 2. The van der Waals surface area contributed by atoms with E-state index >= 15 is 0 Å². The van der Waals surface area contributed by atoms with Crippen LogP contribution >= 0.6 is 0 Å². The topological polar surface area (TPSA) is 106 Å². The molecule has 0 saturated heterocycles. The second-order valence-corrected chi connectivity index (χ2v) is 3.82. The fourth-order valence-corrected chi connectivity index (χ4v) is 1.56. The Balaban J connectivity index is 2.34. The molecular weight excluding hydrogens is 272 g/mol. The van der Waals surface area contributed by atoms with Gasteiger partial charge >= 0.3 is 0 Å². The molecule has 0 atom stereocenters. The lowest BCUT2D eigenvalue weighted by Gasteiger charge is -2.21. The van der Waals surface area contributed by atoms with Crippen molar-refractivity contribution in [1.82, 2.24) is 24.5 Å². The molecule has 2 aromatic rings. The molecular formula is C10H13F2N7O. The van der Waals surface area contributed by atoms with Gasteiger partial charge < -0.3 is 15.7 Å². The molecule has 3 N–H and O–H groups in total. The van der Waals surface area contributed by atoms with Crippen LogP contribution in [-0.2, 0) is 0 Å². The van der Waals surface area contributed by atoms with Crippen LogP contribution in [0.15, 0.2) is 18.7 Å². The van der Waals surface area contributed by atoms with Gasteiger partial charge in [-0.15, -0.1) is 0 Å². The maximum absolute atomic E-state index is 12.5. The van der Waals surface area contributed by atoms with E-state index < -0.39 is 13.0 Å². The number of nitrogen functional groups attached to an aromatic ring is 1. The summed E-state index contributed by atoms with van der Waals surface area (Å²) in [5, 5.41) is 8.93. The van der Waals surface area contributed by atoms with E-state index in [0.29, 0.717) is 0 Å². The molecule has 2 rings (SSSR count). The van der Waals surface area contributed by atoms with Crippen LogP contribution in [0.2, 0.25) is 0 Å². The zero-order valence-electron chi connectivity index (χ0n) is 10.4. The van der Waals surface area contributed by atoms with Crippen LogP contribution in [-0.4, -0.2) is 55.7 Å². The van der Waals surface area contributed by atoms with Gasteiger partial charge in [-0.05, 0) is 0 Å². The third-order valence-electron chi connectivity index (χ3n) is 2.38. The molecule has 0 aliphatic rings. The van der Waals surface area contributed by atoms with Crippen molar-refractivity contribution in [2.24, 2.45) is 0 Å². The summed E-state index contributed by atoms with van der Waals surface area (Å²) < 4.78 is 26.5. The number of nitrogens with zero attached hydrogens (tertiary/aromatic N) is 6. The first-order valence-electron chi connectivity index (χ1n) is 5.74. The number of aliphatic hydroxyl groups excluding tert-OH is 1. The van der Waals surface area contributed by atoms with Gasteiger partial charge in [0.15, 0.2) is 0 Å². The molecule has 0 fully saturated rings. The molecule has 0 unspecified atom stereocenters. The van der Waals surface area contributed by atoms with Crippen molar-refractivity contribution < 1.29 is 13.9 Å². The van der Waals surface area contributed by atoms with Gasteiger partial charge in [0.25, 0.3) is 6.43 Å². The Morgan fingerprint density at radius 3 is 2.75 bits per heavy atom. The van der Waals surface area contributed by atoms with Gasteiger partial charge in [0.2, 0.25) is 17.8 Å². The largest absolute Gasteiger partial charge is 0.395 e. The SMILES string of the molecule is Nc1nc(N(CCO)CC(F)F)nc(-n2ccnc2)n1. The average molecular weight is 285 g/mol. The van der Waals surface area contributed by atoms with E-state index in [1.165, 1.54) is 17.1 Å². The Morgan fingerprint density at radius 1 is 1.35 bits per heavy atom. The number of aromatic nitrogens is 5. The Hall–Kier alpha value is -2.36. The molecule has 2 aromatic heterocycles. The lowest BCUT2D eigenvalue weighted by molar-refractivity contribution is 0.152. The highest BCUT2D eigenvalue weighted by atomic mass is 19.3. The molecule has 0 amide bonds. The van der Waals surface area contributed by atoms with Crippen molar-refractivity contribution in [3.63, 3.8) is 0 Å². The van der Waals surface area contributed by atoms with E-state index in [-0.39, 0.29) is 31.0 Å². The van der Waals surface area contributed by atoms with Gasteiger partial charge in [0.1, 0.15) is 6.33 Å². The average Bonchev–Trinajstić information content (AvgIpc) is 2.91. The molecule has 0 spiro atoms. The zero-order chi connectivity index (χ0) is 14.5. The fraction of sp³-hybridized carbons (Fsp3) is 0.400. The van der Waals surface area contributed by atoms with E-state index in [9.17, 15) is 8.78 Å². The minimum Gasteiger partial charge on any atom is -0.395 e. The summed E-state index contributed by atoms with van der Waals surface area (Å²) in [6.45, 7) is -0.941. The molecule has 8 nitrogen and oxygen atoms in total. The Bertz CT molecular complexity index is 549. The number of hydrogen-bond donors (Lipinski definition) is 2. The number of nitrogens with two attached hydrogens (primary N) is 1. The van der Waals surface area contributed by atoms with Crippen molar-refractivity contribution in [2.45, 2.75) is 6.43 Å². The number of imidazole rings is 1. The van der Waals surface area contributed by atoms with Crippen LogP contribution in [0.5, 0.6) is 0 Å². The third kappa shape index (κ3) is 3.35. The van der Waals surface area contributed by atoms with Crippen LogP contribution in [0.3, 0.4) is 0 Å². The molecule has 0 radical (unpaired) electrons. The van der Waals surface area contributed by atoms with E-state index in [0.717, 1.165) is 4.90 Å². The molecule has 0 aliphatic carbocycles. The molecule has 0 bridgehead atoms. The fourth-order valence-electron chi connectivity index (χ4n) is 1.56. The highest BCUT2D eigenvalue weighted by Crippen LogP contribution is 2.13. The maximum atomic E-state index is 12.5. The molecule has 0 aromatic carbocycles. The first-order valence-corrected chi connectivity index (χ1v) is 5.74. The monoisotopic (exact) mass is 285 g/mol. The Labute approximate surface area is 112 Å². The van der Waals surface area contributed by atoms with Crippen LogP contribution in [0, 0.1) is 0 Å². The smallest absolute Gasteiger partial charge is 0.255 e. The molecule has 2 heterocycles. The highest BCUT2D eigenvalue weighted by molar-refractivity contribution is 5.38. The summed E-state index contributed by atoms with van der Waals surface area (Å²) in [6.07, 6.45) is 1.96. The molecule has 10 heteroatoms. The summed E-state index contributed by atoms with van der Waals surface area (Å²) in [7, 11) is 0. The van der Waals surface area contributed by atoms with Crippen molar-refractivity contribution in [3.05, 3.63) is 18.7 Å². The normalized spacial score (nSPS) is 11.0. The first-order chi connectivity index (χ1) is 9.60. The minimum atomic E-state index is -2.59. The lowest BCUT2D eigenvalue weighted by atomic mass is 10.5. The number of rotatable bonds is 6. The summed E-state index contributed by atoms with van der Waals surface area (Å²) in [5.74, 6) is 0.0497. The lowest BCUT2D eigenvalue weighted by Crippen LogP contribution is -2.33. The van der Waals surface area contributed by atoms with Crippen LogP contribution in [0.4, 0.5) is 20.7 Å². The Morgan fingerprint density at radius 2 is 2.15 bits per heavy atom. The van der Waals surface area contributed by atoms with E-state index in [4.69, 9.17) is 10.8 Å². The summed E-state index contributed by atoms with van der Waals surface area (Å²) in [4.78, 5) is 16.7. The molecule has 108 valence electrons. The number of anilines is 2. The van der Waals surface area contributed by atoms with Crippen LogP contribution < -0.4 is 10.6 Å². The van der Waals surface area contributed by atoms with Gasteiger partial charge in [0, 0.05) is 18.9 Å². The summed E-state index contributed by atoms with van der Waals surface area (Å²) >= 11 is 0. The predicted octanol–water partition coefficient (Wildman–Crippen LogP) is -0.297. The van der Waals surface area contributed by atoms with Gasteiger partial charge in [0.05, 0.1) is 13.2 Å². The number of aliphatic hydroxyl groups is 1. The van der Waals surface area contributed by atoms with E-state index in [2.05, 4.69) is 19.9 Å². The summed E-state index contributed by atoms with van der Waals surface area (Å²) in [5.41, 5.74) is 5.56. The minimum absolute atomic E-state index is 0.0180. The predicted molar refractivity (Wildman–Crippen MR) is 66.7 cm³/mol. The third-order valence-corrected chi connectivity index (χ3v) is 2.38. The van der Waals surface area contributed by atoms with Crippen molar-refractivity contribution >= 4 is 11.9 Å². The second kappa shape index (κ2) is 6.19. The van der Waals surface area contributed by atoms with Gasteiger partial charge in [-0.2, -0.15) is 15.0 Å². The summed E-state index contributed by atoms with van der Waals surface area (Å²) in [6, 6.07) is 0. The van der Waals surface area contributed by atoms with E-state index in [1.807, 2.05) is 0 Å². The molecule has 0 saturated carbocycles. The van der Waals surface area contributed by atoms with Crippen molar-refractivity contribution in [1.29, 1.82) is 0 Å². The second-order valence-electron chi connectivity index (χ2n) is 3.82. The number of halogens is 2. The van der Waals surface area contributed by atoms with Crippen LogP contribution in [0.1, 0.15) is 0 Å². The van der Waals surface area contributed by atoms with Gasteiger partial charge in [-0.25, -0.2) is 13.8 Å². The van der Waals surface area contributed by atoms with Gasteiger partial charge in [-0.1, -0.05) is 0 Å². The van der Waals surface area contributed by atoms with Crippen molar-refractivity contribution in [2.75, 3.05) is 30.3 Å². The van der Waals surface area contributed by atoms with Crippen molar-refractivity contribution in [3.8, 4) is 5.95 Å². The zero-order valence-corrected chi connectivity index (χ0v) is 10.4. The quantitative estimate of drug-likeness (QED) is 0.750. The molecule has 20 heavy (non-hydrogen) atoms. The van der Waals surface area contributed by atoms with Crippen LogP contribution in [0.25, 0.3) is 5.95 Å². The van der Waals surface area contributed by atoms with E-state index in [1.54, 1.807) is 6.20 Å². The number of hydrogen-bond acceptors (Lipinski definition) is 7. The molecule has 0 aliphatic heterocycles. The Kier molecular flexibility index (Phi) is 4.35. The van der Waals surface area contributed by atoms with Gasteiger partial charge in [-0.3, -0.25) is 4.57 Å². The highest BCUT2D eigenvalue weighted by Gasteiger charge is 2.17.